The van der Waals surface area contributed by atoms with E-state index >= 15 is 0 Å². The molecule has 6 aromatic carbocycles. The summed E-state index contributed by atoms with van der Waals surface area (Å²) in [6.07, 6.45) is 11.8. The molecule has 2 aliphatic heterocycles. The standard InChI is InChI=1S/C48H63N5O9S.C47H61N5O9S.CH4/c1-32(52(5)47(57)62-48(2,3)4)43(54)51-42(33-13-8-7-9-14-33)45(55)53-25-12-17-40(53)44-50-39(31-63-44)37-22-23-41(38-16-11-10-15-36(37)38)61-30-29-60-28-27-59-26-24-49-35-20-18-34(19-21-35)46(56)58-6;1-31(51(5)46(57)61-47(2,3)4)42(53)50-41(32-12-7-6-8-13-32)44(54)52-24-11-16-39(52)43-49-38(30-62-43)36-21-22-40(37-15-10-9-14-35(36)37)60-29-28-59-27-26-58-25-23-48-34-19-17-33(18-20-34)45(55)56;/h10-11,15-16,18-23,31-33,40,42,49H,7-9,12-14,17,24-30H2,1-6H3,(H,51,54);9-10,14-15,17-22,30-32,39,41,48H,6-8,11-13,16,23-29H2,1-5H3,(H,50,53)(H,55,56);1H4/t32-,40-,42-;31-,39-,41-;/m00./s1. The molecule has 2 saturated carbocycles. The predicted molar refractivity (Wildman–Crippen MR) is 491 cm³/mol. The number of hydrogen-bond acceptors (Lipinski definition) is 23. The first-order chi connectivity index (χ1) is 60.1. The van der Waals surface area contributed by atoms with Crippen LogP contribution in [0, 0.1) is 11.8 Å². The lowest BCUT2D eigenvalue weighted by Crippen LogP contribution is -2.56. The maximum Gasteiger partial charge on any atom is 0.410 e. The number of nitrogens with one attached hydrogen (secondary N) is 4. The lowest BCUT2D eigenvalue weighted by atomic mass is 9.83. The van der Waals surface area contributed by atoms with Crippen LogP contribution in [-0.4, -0.2) is 231 Å². The largest absolute Gasteiger partial charge is 0.491 e. The van der Waals surface area contributed by atoms with Crippen molar-refractivity contribution in [1.29, 1.82) is 0 Å². The van der Waals surface area contributed by atoms with Gasteiger partial charge in [0.2, 0.25) is 23.6 Å². The molecule has 4 fully saturated rings. The fourth-order valence-electron chi connectivity index (χ4n) is 16.1. The average molecular weight is 1770 g/mol. The second-order valence-corrected chi connectivity index (χ2v) is 35.9. The minimum absolute atomic E-state index is 0. The minimum Gasteiger partial charge on any atom is -0.491 e. The number of carbonyl (C=O) groups excluding carboxylic acids is 7. The van der Waals surface area contributed by atoms with Crippen molar-refractivity contribution in [3.63, 3.8) is 0 Å². The van der Waals surface area contributed by atoms with Crippen molar-refractivity contribution < 1.29 is 86.1 Å². The van der Waals surface area contributed by atoms with Gasteiger partial charge in [-0.1, -0.05) is 94.5 Å². The number of likely N-dealkylation sites (tertiary alicyclic amines) is 2. The topological polar surface area (TPSA) is 327 Å². The lowest BCUT2D eigenvalue weighted by Gasteiger charge is -2.36. The van der Waals surface area contributed by atoms with Crippen LogP contribution in [0.2, 0.25) is 0 Å². The molecule has 682 valence electrons. The summed E-state index contributed by atoms with van der Waals surface area (Å²) in [5.41, 5.74) is 4.69. The van der Waals surface area contributed by atoms with Gasteiger partial charge in [-0.25, -0.2) is 29.1 Å². The number of thiazole rings is 2. The summed E-state index contributed by atoms with van der Waals surface area (Å²) in [5.74, 6) is -0.708. The van der Waals surface area contributed by atoms with Crippen molar-refractivity contribution in [2.75, 3.05) is 124 Å². The van der Waals surface area contributed by atoms with Gasteiger partial charge in [0, 0.05) is 84.3 Å². The van der Waals surface area contributed by atoms with E-state index in [1.54, 1.807) is 129 Å². The van der Waals surface area contributed by atoms with Crippen molar-refractivity contribution in [2.24, 2.45) is 11.8 Å². The van der Waals surface area contributed by atoms with Gasteiger partial charge < -0.3 is 78.8 Å². The quantitative estimate of drug-likeness (QED) is 0.0136. The molecular weight excluding hydrogens is 1650 g/mol. The van der Waals surface area contributed by atoms with Gasteiger partial charge in [0.15, 0.2) is 0 Å². The van der Waals surface area contributed by atoms with E-state index in [-0.39, 0.29) is 66.5 Å². The molecule has 4 aliphatic rings. The number of aromatic carboxylic acids is 1. The van der Waals surface area contributed by atoms with Gasteiger partial charge in [-0.2, -0.15) is 0 Å². The van der Waals surface area contributed by atoms with Gasteiger partial charge in [0.25, 0.3) is 0 Å². The first-order valence-electron chi connectivity index (χ1n) is 43.8. The molecule has 2 aromatic heterocycles. The fraction of sp³-hybridized carbons (Fsp3) is 0.521. The molecule has 6 amide bonds. The van der Waals surface area contributed by atoms with Gasteiger partial charge >= 0.3 is 24.1 Å². The number of amides is 6. The third kappa shape index (κ3) is 27.3. The van der Waals surface area contributed by atoms with E-state index in [1.165, 1.54) is 16.9 Å². The highest BCUT2D eigenvalue weighted by atomic mass is 32.1. The number of carbonyl (C=O) groups is 8. The van der Waals surface area contributed by atoms with Crippen LogP contribution in [0.3, 0.4) is 0 Å². The number of aromatic nitrogens is 2. The molecule has 126 heavy (non-hydrogen) atoms. The van der Waals surface area contributed by atoms with Crippen LogP contribution in [0.4, 0.5) is 21.0 Å². The minimum atomic E-state index is -0.952. The van der Waals surface area contributed by atoms with E-state index in [0.717, 1.165) is 167 Å². The Bertz CT molecular complexity index is 4890. The van der Waals surface area contributed by atoms with Crippen molar-refractivity contribution in [3.8, 4) is 34.0 Å². The Morgan fingerprint density at radius 1 is 0.468 bits per heavy atom. The second kappa shape index (κ2) is 47.3. The molecule has 2 saturated heterocycles. The maximum atomic E-state index is 14.6. The molecule has 0 spiro atoms. The van der Waals surface area contributed by atoms with E-state index in [4.69, 9.17) is 57.7 Å². The van der Waals surface area contributed by atoms with Gasteiger partial charge in [0.05, 0.1) is 94.6 Å². The van der Waals surface area contributed by atoms with Crippen molar-refractivity contribution in [1.82, 2.24) is 40.2 Å². The van der Waals surface area contributed by atoms with Gasteiger partial charge in [-0.15, -0.1) is 22.7 Å². The Morgan fingerprint density at radius 3 is 1.21 bits per heavy atom. The first kappa shape index (κ1) is 97.7. The van der Waals surface area contributed by atoms with E-state index < -0.39 is 53.5 Å². The number of nitrogens with zero attached hydrogens (tertiary/aromatic N) is 6. The lowest BCUT2D eigenvalue weighted by molar-refractivity contribution is -0.140. The smallest absolute Gasteiger partial charge is 0.410 e. The fourth-order valence-corrected chi connectivity index (χ4v) is 18.0. The molecule has 28 nitrogen and oxygen atoms in total. The van der Waals surface area contributed by atoms with Gasteiger partial charge in [0.1, 0.15) is 70.1 Å². The number of ether oxygens (including phenoxy) is 9. The summed E-state index contributed by atoms with van der Waals surface area (Å²) in [6.45, 7) is 20.7. The molecule has 5 N–H and O–H groups in total. The summed E-state index contributed by atoms with van der Waals surface area (Å²) in [4.78, 5) is 121. The summed E-state index contributed by atoms with van der Waals surface area (Å²) in [7, 11) is 4.46. The Balaban J connectivity index is 0.000000261. The summed E-state index contributed by atoms with van der Waals surface area (Å²) in [5, 5.41) is 31.5. The molecule has 0 bridgehead atoms. The number of benzene rings is 6. The maximum absolute atomic E-state index is 14.6. The number of fused-ring (bicyclic) bond motifs is 2. The van der Waals surface area contributed by atoms with E-state index in [2.05, 4.69) is 44.2 Å². The first-order valence-corrected chi connectivity index (χ1v) is 45.6. The highest BCUT2D eigenvalue weighted by Crippen LogP contribution is 2.43. The van der Waals surface area contributed by atoms with Crippen LogP contribution in [0.15, 0.2) is 132 Å². The number of methoxy groups -OCH3 is 1. The molecule has 6 atom stereocenters. The number of hydrogen-bond donors (Lipinski definition) is 5. The van der Waals surface area contributed by atoms with E-state index in [1.807, 2.05) is 82.6 Å². The third-order valence-electron chi connectivity index (χ3n) is 23.0. The molecule has 0 unspecified atom stereocenters. The van der Waals surface area contributed by atoms with Crippen LogP contribution in [0.1, 0.15) is 196 Å². The van der Waals surface area contributed by atoms with Crippen LogP contribution in [0.5, 0.6) is 11.5 Å². The molecule has 2 aliphatic carbocycles. The predicted octanol–water partition coefficient (Wildman–Crippen LogP) is 17.1. The highest BCUT2D eigenvalue weighted by Gasteiger charge is 2.44. The summed E-state index contributed by atoms with van der Waals surface area (Å²) >= 11 is 3.11. The summed E-state index contributed by atoms with van der Waals surface area (Å²) < 4.78 is 51.0. The average Bonchev–Trinajstić information content (AvgIpc) is 1.61. The van der Waals surface area contributed by atoms with Crippen molar-refractivity contribution in [3.05, 3.63) is 153 Å². The number of esters is 1. The third-order valence-corrected chi connectivity index (χ3v) is 24.9. The molecular formula is C96H128N10O18S2. The van der Waals surface area contributed by atoms with E-state index in [9.17, 15) is 38.4 Å². The SMILES string of the molecule is C.COC(=O)c1ccc(NCCOCCOCCOc2ccc(-c3csc([C@@H]4CCCN4C(=O)[C@@H](NC(=O)[C@H](C)N(C)C(=O)OC(C)(C)C)C4CCCCC4)n3)c3ccccc23)cc1.C[C@@H](C(=O)N[C@H](C(=O)N1CCC[C@H]1c1nc(-c2ccc(OCCOCCOCCNc3ccc(C(=O)O)cc3)c3ccccc23)cs1)C1CCCCC1)N(C)C(=O)OC(C)(C)C. The van der Waals surface area contributed by atoms with Crippen LogP contribution in [0.25, 0.3) is 44.1 Å². The Morgan fingerprint density at radius 2 is 0.833 bits per heavy atom. The van der Waals surface area contributed by atoms with Crippen LogP contribution in [-0.2, 0) is 52.3 Å². The molecule has 12 rings (SSSR count). The van der Waals surface area contributed by atoms with Gasteiger partial charge in [-0.3, -0.25) is 29.0 Å². The highest BCUT2D eigenvalue weighted by molar-refractivity contribution is 7.10. The summed E-state index contributed by atoms with van der Waals surface area (Å²) in [6, 6.07) is 34.4. The van der Waals surface area contributed by atoms with E-state index in [0.29, 0.717) is 97.8 Å². The zero-order chi connectivity index (χ0) is 89.2. The number of anilines is 2. The zero-order valence-electron chi connectivity index (χ0n) is 74.0. The number of carboxylic acid groups (broad SMARTS) is 1. The molecule has 8 aromatic rings. The van der Waals surface area contributed by atoms with Crippen LogP contribution < -0.4 is 30.7 Å². The van der Waals surface area contributed by atoms with Crippen molar-refractivity contribution in [2.45, 2.75) is 200 Å². The number of carboxylic acids is 1. The Kier molecular flexibility index (Phi) is 36.7. The number of likely N-dealkylation sites (N-methyl/N-ethyl adjacent to an activating group) is 2. The molecule has 4 heterocycles. The monoisotopic (exact) mass is 1770 g/mol. The Labute approximate surface area is 748 Å². The molecule has 0 radical (unpaired) electrons. The zero-order valence-corrected chi connectivity index (χ0v) is 75.6. The van der Waals surface area contributed by atoms with Gasteiger partial charge in [-0.05, 0) is 202 Å². The molecule has 30 heteroatoms. The van der Waals surface area contributed by atoms with Crippen LogP contribution >= 0.6 is 22.7 Å². The van der Waals surface area contributed by atoms with Crippen molar-refractivity contribution >= 4 is 103 Å². The number of rotatable bonds is 38. The second-order valence-electron chi connectivity index (χ2n) is 34.1. The normalized spacial score (nSPS) is 16.5. The Hall–Kier alpha value is -10.5.